The molecule has 0 spiro atoms. The van der Waals surface area contributed by atoms with Gasteiger partial charge in [0, 0.05) is 24.7 Å². The van der Waals surface area contributed by atoms with E-state index in [1.54, 1.807) is 11.3 Å². The summed E-state index contributed by atoms with van der Waals surface area (Å²) in [6, 6.07) is 5.82. The molecule has 1 unspecified atom stereocenters. The van der Waals surface area contributed by atoms with E-state index in [1.165, 1.54) is 0 Å². The first-order valence-electron chi connectivity index (χ1n) is 9.18. The van der Waals surface area contributed by atoms with Crippen LogP contribution in [0.3, 0.4) is 0 Å². The fraction of sp³-hybridized carbons (Fsp3) is 0.500. The lowest BCUT2D eigenvalue weighted by Gasteiger charge is -2.19. The minimum Gasteiger partial charge on any atom is -0.381 e. The molecule has 7 nitrogen and oxygen atoms in total. The van der Waals surface area contributed by atoms with Crippen molar-refractivity contribution in [1.82, 2.24) is 19.7 Å². The Morgan fingerprint density at radius 2 is 2.04 bits per heavy atom. The maximum atomic E-state index is 12.1. The standard InChI is InChI=1S/C18H20N4O3S2/c23-27(24)9-6-13(10-27)22-18(14-2-1-3-15-16(14)26-11-19-15)20-17(21-22)12-4-7-25-8-5-12/h1-3,11-13H,4-10H2. The molecule has 3 aromatic rings. The van der Waals surface area contributed by atoms with Crippen molar-refractivity contribution < 1.29 is 13.2 Å². The lowest BCUT2D eigenvalue weighted by molar-refractivity contribution is 0.0835. The van der Waals surface area contributed by atoms with E-state index < -0.39 is 9.84 Å². The number of sulfone groups is 1. The van der Waals surface area contributed by atoms with Crippen LogP contribution >= 0.6 is 11.3 Å². The zero-order valence-corrected chi connectivity index (χ0v) is 16.4. The van der Waals surface area contributed by atoms with E-state index in [2.05, 4.69) is 4.98 Å². The molecule has 0 amide bonds. The van der Waals surface area contributed by atoms with Crippen molar-refractivity contribution >= 4 is 31.4 Å². The van der Waals surface area contributed by atoms with Crippen molar-refractivity contribution in [3.05, 3.63) is 29.5 Å². The van der Waals surface area contributed by atoms with Crippen molar-refractivity contribution in [3.63, 3.8) is 0 Å². The molecular weight excluding hydrogens is 384 g/mol. The molecule has 2 aliphatic rings. The molecule has 1 aromatic carbocycles. The molecule has 142 valence electrons. The summed E-state index contributed by atoms with van der Waals surface area (Å²) < 4.78 is 32.5. The topological polar surface area (TPSA) is 87.0 Å². The Morgan fingerprint density at radius 3 is 2.81 bits per heavy atom. The molecule has 0 radical (unpaired) electrons. The number of nitrogens with zero attached hydrogens (tertiary/aromatic N) is 4. The van der Waals surface area contributed by atoms with Crippen LogP contribution in [0.25, 0.3) is 21.6 Å². The number of hydrogen-bond acceptors (Lipinski definition) is 7. The molecule has 0 bridgehead atoms. The molecular formula is C18H20N4O3S2. The van der Waals surface area contributed by atoms with Crippen molar-refractivity contribution in [1.29, 1.82) is 0 Å². The number of thiazole rings is 1. The van der Waals surface area contributed by atoms with E-state index in [1.807, 2.05) is 28.4 Å². The van der Waals surface area contributed by atoms with Gasteiger partial charge in [-0.2, -0.15) is 5.10 Å². The summed E-state index contributed by atoms with van der Waals surface area (Å²) in [4.78, 5) is 9.31. The van der Waals surface area contributed by atoms with E-state index in [4.69, 9.17) is 14.8 Å². The Kier molecular flexibility index (Phi) is 4.25. The number of ether oxygens (including phenoxy) is 1. The molecule has 2 aromatic heterocycles. The Bertz CT molecular complexity index is 1080. The zero-order chi connectivity index (χ0) is 18.4. The van der Waals surface area contributed by atoms with E-state index in [9.17, 15) is 8.42 Å². The van der Waals surface area contributed by atoms with Crippen LogP contribution in [-0.4, -0.2) is 52.9 Å². The fourth-order valence-corrected chi connectivity index (χ4v) is 6.43. The minimum atomic E-state index is -3.01. The van der Waals surface area contributed by atoms with Gasteiger partial charge in [0.2, 0.25) is 0 Å². The Labute approximate surface area is 161 Å². The summed E-state index contributed by atoms with van der Waals surface area (Å²) in [5, 5.41) is 4.82. The Balaban J connectivity index is 1.64. The first-order valence-corrected chi connectivity index (χ1v) is 11.9. The fourth-order valence-electron chi connectivity index (χ4n) is 3.94. The second kappa shape index (κ2) is 6.65. The minimum absolute atomic E-state index is 0.134. The molecule has 2 fully saturated rings. The number of hydrogen-bond donors (Lipinski definition) is 0. The van der Waals surface area contributed by atoms with E-state index in [-0.39, 0.29) is 23.5 Å². The normalized spacial score (nSPS) is 23.2. The smallest absolute Gasteiger partial charge is 0.160 e. The third kappa shape index (κ3) is 3.17. The Hall–Kier alpha value is -1.84. The van der Waals surface area contributed by atoms with Gasteiger partial charge in [-0.25, -0.2) is 23.1 Å². The van der Waals surface area contributed by atoms with Crippen LogP contribution in [0.1, 0.15) is 37.0 Å². The second-order valence-electron chi connectivity index (χ2n) is 7.19. The van der Waals surface area contributed by atoms with Crippen LogP contribution in [0, 0.1) is 0 Å². The average molecular weight is 405 g/mol. The third-order valence-electron chi connectivity index (χ3n) is 5.39. The molecule has 4 heterocycles. The van der Waals surface area contributed by atoms with E-state index in [0.717, 1.165) is 53.5 Å². The highest BCUT2D eigenvalue weighted by Crippen LogP contribution is 2.35. The van der Waals surface area contributed by atoms with Crippen molar-refractivity contribution in [3.8, 4) is 11.4 Å². The number of aromatic nitrogens is 4. The van der Waals surface area contributed by atoms with Gasteiger partial charge in [0.15, 0.2) is 21.5 Å². The maximum absolute atomic E-state index is 12.1. The monoisotopic (exact) mass is 404 g/mol. The molecule has 0 saturated carbocycles. The summed E-state index contributed by atoms with van der Waals surface area (Å²) in [5.74, 6) is 2.17. The molecule has 1 atom stereocenters. The van der Waals surface area contributed by atoms with Gasteiger partial charge in [-0.3, -0.25) is 0 Å². The first-order chi connectivity index (χ1) is 13.1. The van der Waals surface area contributed by atoms with Crippen LogP contribution in [0.15, 0.2) is 23.7 Å². The van der Waals surface area contributed by atoms with E-state index in [0.29, 0.717) is 6.42 Å². The number of rotatable bonds is 3. The van der Waals surface area contributed by atoms with Crippen LogP contribution in [0.4, 0.5) is 0 Å². The van der Waals surface area contributed by atoms with Gasteiger partial charge in [0.1, 0.15) is 0 Å². The van der Waals surface area contributed by atoms with Crippen LogP contribution < -0.4 is 0 Å². The maximum Gasteiger partial charge on any atom is 0.160 e. The quantitative estimate of drug-likeness (QED) is 0.667. The van der Waals surface area contributed by atoms with Gasteiger partial charge in [-0.15, -0.1) is 11.3 Å². The SMILES string of the molecule is O=S1(=O)CCC(n2nc(C3CCOCC3)nc2-c2cccc3ncsc23)C1. The summed E-state index contributed by atoms with van der Waals surface area (Å²) in [6.45, 7) is 1.44. The largest absolute Gasteiger partial charge is 0.381 e. The predicted octanol–water partition coefficient (Wildman–Crippen LogP) is 2.81. The summed E-state index contributed by atoms with van der Waals surface area (Å²) in [6.07, 6.45) is 2.39. The lowest BCUT2D eigenvalue weighted by Crippen LogP contribution is -2.17. The van der Waals surface area contributed by atoms with Gasteiger partial charge in [0.05, 0.1) is 33.3 Å². The van der Waals surface area contributed by atoms with Crippen molar-refractivity contribution in [2.75, 3.05) is 24.7 Å². The highest BCUT2D eigenvalue weighted by Gasteiger charge is 2.33. The van der Waals surface area contributed by atoms with Crippen molar-refractivity contribution in [2.45, 2.75) is 31.2 Å². The summed E-state index contributed by atoms with van der Waals surface area (Å²) in [7, 11) is -3.01. The lowest BCUT2D eigenvalue weighted by atomic mass is 10.00. The van der Waals surface area contributed by atoms with Gasteiger partial charge in [-0.1, -0.05) is 6.07 Å². The highest BCUT2D eigenvalue weighted by atomic mass is 32.2. The van der Waals surface area contributed by atoms with Gasteiger partial charge in [0.25, 0.3) is 0 Å². The molecule has 9 heteroatoms. The molecule has 0 aliphatic carbocycles. The van der Waals surface area contributed by atoms with Gasteiger partial charge < -0.3 is 4.74 Å². The van der Waals surface area contributed by atoms with Crippen LogP contribution in [-0.2, 0) is 14.6 Å². The van der Waals surface area contributed by atoms with Crippen LogP contribution in [0.2, 0.25) is 0 Å². The first kappa shape index (κ1) is 17.3. The zero-order valence-electron chi connectivity index (χ0n) is 14.7. The molecule has 0 N–H and O–H groups in total. The van der Waals surface area contributed by atoms with Crippen LogP contribution in [0.5, 0.6) is 0 Å². The van der Waals surface area contributed by atoms with Gasteiger partial charge >= 0.3 is 0 Å². The number of benzene rings is 1. The number of fused-ring (bicyclic) bond motifs is 1. The Morgan fingerprint density at radius 1 is 1.19 bits per heavy atom. The molecule has 2 saturated heterocycles. The molecule has 27 heavy (non-hydrogen) atoms. The van der Waals surface area contributed by atoms with Gasteiger partial charge in [-0.05, 0) is 31.4 Å². The average Bonchev–Trinajstić information content (AvgIpc) is 3.39. The predicted molar refractivity (Wildman–Crippen MR) is 104 cm³/mol. The third-order valence-corrected chi connectivity index (χ3v) is 8.01. The van der Waals surface area contributed by atoms with Crippen molar-refractivity contribution in [2.24, 2.45) is 0 Å². The second-order valence-corrected chi connectivity index (χ2v) is 10.3. The summed E-state index contributed by atoms with van der Waals surface area (Å²) >= 11 is 1.57. The highest BCUT2D eigenvalue weighted by molar-refractivity contribution is 7.91. The molecule has 2 aliphatic heterocycles. The summed E-state index contributed by atoms with van der Waals surface area (Å²) in [5.41, 5.74) is 3.73. The molecule has 5 rings (SSSR count). The van der Waals surface area contributed by atoms with E-state index >= 15 is 0 Å².